The number of amides is 1. The zero-order valence-corrected chi connectivity index (χ0v) is 12.8. The molecule has 0 saturated carbocycles. The normalized spacial score (nSPS) is 19.6. The molecule has 0 spiro atoms. The van der Waals surface area contributed by atoms with Crippen molar-refractivity contribution in [1.29, 1.82) is 0 Å². The van der Waals surface area contributed by atoms with Gasteiger partial charge in [0.25, 0.3) is 0 Å². The van der Waals surface area contributed by atoms with Crippen LogP contribution in [0.2, 0.25) is 0 Å². The first kappa shape index (κ1) is 16.8. The van der Waals surface area contributed by atoms with E-state index in [1.165, 1.54) is 9.80 Å². The van der Waals surface area contributed by atoms with E-state index in [1.54, 1.807) is 17.9 Å². The van der Waals surface area contributed by atoms with Gasteiger partial charge in [-0.2, -0.15) is 18.3 Å². The molecule has 1 fully saturated rings. The summed E-state index contributed by atoms with van der Waals surface area (Å²) in [5.74, 6) is -0.259. The molecule has 1 aliphatic rings. The van der Waals surface area contributed by atoms with Gasteiger partial charge in [0.05, 0.1) is 24.8 Å². The summed E-state index contributed by atoms with van der Waals surface area (Å²) in [7, 11) is 1.62. The summed E-state index contributed by atoms with van der Waals surface area (Å²) in [6, 6.07) is 1.14. The van der Waals surface area contributed by atoms with Crippen LogP contribution in [0, 0.1) is 0 Å². The highest BCUT2D eigenvalue weighted by Crippen LogP contribution is 2.25. The van der Waals surface area contributed by atoms with Crippen molar-refractivity contribution in [2.24, 2.45) is 0 Å². The van der Waals surface area contributed by atoms with Gasteiger partial charge in [-0.15, -0.1) is 0 Å². The highest BCUT2D eigenvalue weighted by molar-refractivity contribution is 5.81. The fourth-order valence-electron chi connectivity index (χ4n) is 2.88. The number of aromatic nitrogens is 2. The zero-order chi connectivity index (χ0) is 16.3. The monoisotopic (exact) mass is 318 g/mol. The summed E-state index contributed by atoms with van der Waals surface area (Å²) in [5, 5.41) is 4.13. The first-order valence-corrected chi connectivity index (χ1v) is 7.38. The summed E-state index contributed by atoms with van der Waals surface area (Å²) in [6.07, 6.45) is -1.52. The number of rotatable bonds is 5. The Hall–Kier alpha value is -1.57. The van der Waals surface area contributed by atoms with Crippen molar-refractivity contribution in [3.63, 3.8) is 0 Å². The molecule has 1 aromatic heterocycles. The summed E-state index contributed by atoms with van der Waals surface area (Å²) < 4.78 is 39.5. The summed E-state index contributed by atoms with van der Waals surface area (Å²) in [6.45, 7) is 2.28. The smallest absolute Gasteiger partial charge is 0.339 e. The third-order valence-electron chi connectivity index (χ3n) is 3.91. The van der Waals surface area contributed by atoms with E-state index in [-0.39, 0.29) is 5.91 Å². The highest BCUT2D eigenvalue weighted by Gasteiger charge is 2.39. The predicted octanol–water partition coefficient (Wildman–Crippen LogP) is 1.89. The molecule has 2 rings (SSSR count). The number of hydrogen-bond donors (Lipinski definition) is 0. The van der Waals surface area contributed by atoms with Crippen LogP contribution < -0.4 is 0 Å². The number of carbonyl (C=O) groups is 1. The quantitative estimate of drug-likeness (QED) is 0.832. The molecule has 1 amide bonds. The molecule has 1 aliphatic heterocycles. The molecule has 0 aliphatic carbocycles. The van der Waals surface area contributed by atoms with Crippen LogP contribution in [0.15, 0.2) is 12.3 Å². The lowest BCUT2D eigenvalue weighted by molar-refractivity contribution is -0.154. The molecular formula is C14H21F3N4O. The second kappa shape index (κ2) is 6.68. The Labute approximate surface area is 127 Å². The van der Waals surface area contributed by atoms with Crippen LogP contribution in [0.5, 0.6) is 0 Å². The van der Waals surface area contributed by atoms with Gasteiger partial charge in [-0.05, 0) is 32.4 Å². The molecule has 8 heteroatoms. The van der Waals surface area contributed by atoms with Gasteiger partial charge in [0, 0.05) is 19.8 Å². The summed E-state index contributed by atoms with van der Waals surface area (Å²) in [5.41, 5.74) is 0.874. The molecule has 1 atom stereocenters. The highest BCUT2D eigenvalue weighted by atomic mass is 19.4. The maximum atomic E-state index is 12.6. The van der Waals surface area contributed by atoms with Crippen LogP contribution in [0.4, 0.5) is 13.2 Å². The predicted molar refractivity (Wildman–Crippen MR) is 75.0 cm³/mol. The Morgan fingerprint density at radius 2 is 2.23 bits per heavy atom. The zero-order valence-electron chi connectivity index (χ0n) is 12.8. The number of hydrogen-bond acceptors (Lipinski definition) is 3. The first-order chi connectivity index (χ1) is 10.3. The van der Waals surface area contributed by atoms with Crippen molar-refractivity contribution >= 4 is 5.91 Å². The van der Waals surface area contributed by atoms with Crippen LogP contribution >= 0.6 is 0 Å². The Kier molecular flexibility index (Phi) is 5.10. The van der Waals surface area contributed by atoms with Crippen LogP contribution in [0.3, 0.4) is 0 Å². The van der Waals surface area contributed by atoms with Gasteiger partial charge < -0.3 is 4.90 Å². The average molecular weight is 318 g/mol. The van der Waals surface area contributed by atoms with E-state index < -0.39 is 18.8 Å². The second-order valence-electron chi connectivity index (χ2n) is 5.58. The summed E-state index contributed by atoms with van der Waals surface area (Å²) in [4.78, 5) is 15.2. The SMILES string of the molecule is CCn1nccc1CN(C)C(=O)C1CCCN1CC(F)(F)F. The van der Waals surface area contributed by atoms with Gasteiger partial charge in [0.2, 0.25) is 5.91 Å². The molecular weight excluding hydrogens is 297 g/mol. The molecule has 0 aromatic carbocycles. The van der Waals surface area contributed by atoms with Gasteiger partial charge in [-0.1, -0.05) is 0 Å². The molecule has 22 heavy (non-hydrogen) atoms. The van der Waals surface area contributed by atoms with Gasteiger partial charge in [-0.25, -0.2) is 0 Å². The Morgan fingerprint density at radius 3 is 2.86 bits per heavy atom. The number of alkyl halides is 3. The van der Waals surface area contributed by atoms with Crippen LogP contribution in [0.25, 0.3) is 0 Å². The fraction of sp³-hybridized carbons (Fsp3) is 0.714. The Balaban J connectivity index is 2.00. The maximum Gasteiger partial charge on any atom is 0.401 e. The standard InChI is InChI=1S/C14H21F3N4O/c1-3-21-11(6-7-18-21)9-19(2)13(22)12-5-4-8-20(12)10-14(15,16)17/h6-7,12H,3-5,8-10H2,1-2H3. The molecule has 1 unspecified atom stereocenters. The van der Waals surface area contributed by atoms with E-state index in [1.807, 2.05) is 13.0 Å². The third-order valence-corrected chi connectivity index (χ3v) is 3.91. The van der Waals surface area contributed by atoms with Gasteiger partial charge in [0.1, 0.15) is 0 Å². The summed E-state index contributed by atoms with van der Waals surface area (Å²) >= 11 is 0. The number of aryl methyl sites for hydroxylation is 1. The molecule has 0 radical (unpaired) electrons. The lowest BCUT2D eigenvalue weighted by Crippen LogP contribution is -2.47. The van der Waals surface area contributed by atoms with E-state index in [0.717, 1.165) is 5.69 Å². The maximum absolute atomic E-state index is 12.6. The largest absolute Gasteiger partial charge is 0.401 e. The average Bonchev–Trinajstić information content (AvgIpc) is 3.04. The van der Waals surface area contributed by atoms with Crippen molar-refractivity contribution in [2.45, 2.75) is 45.1 Å². The molecule has 5 nitrogen and oxygen atoms in total. The van der Waals surface area contributed by atoms with Crippen molar-refractivity contribution in [2.75, 3.05) is 20.1 Å². The second-order valence-corrected chi connectivity index (χ2v) is 5.58. The minimum absolute atomic E-state index is 0.259. The molecule has 124 valence electrons. The first-order valence-electron chi connectivity index (χ1n) is 7.38. The van der Waals surface area contributed by atoms with E-state index >= 15 is 0 Å². The van der Waals surface area contributed by atoms with Crippen molar-refractivity contribution in [1.82, 2.24) is 19.6 Å². The minimum Gasteiger partial charge on any atom is -0.339 e. The Morgan fingerprint density at radius 1 is 1.50 bits per heavy atom. The van der Waals surface area contributed by atoms with E-state index in [9.17, 15) is 18.0 Å². The lowest BCUT2D eigenvalue weighted by Gasteiger charge is -2.28. The number of nitrogens with zero attached hydrogens (tertiary/aromatic N) is 4. The van der Waals surface area contributed by atoms with Crippen LogP contribution in [-0.2, 0) is 17.9 Å². The van der Waals surface area contributed by atoms with Crippen LogP contribution in [-0.4, -0.2) is 57.8 Å². The number of halogens is 3. The topological polar surface area (TPSA) is 41.4 Å². The van der Waals surface area contributed by atoms with E-state index in [4.69, 9.17) is 0 Å². The minimum atomic E-state index is -4.28. The Bertz CT molecular complexity index is 514. The lowest BCUT2D eigenvalue weighted by atomic mass is 10.2. The third kappa shape index (κ3) is 4.00. The fourth-order valence-corrected chi connectivity index (χ4v) is 2.88. The van der Waals surface area contributed by atoms with E-state index in [0.29, 0.717) is 32.5 Å². The van der Waals surface area contributed by atoms with Gasteiger partial charge in [0.15, 0.2) is 0 Å². The molecule has 1 aromatic rings. The van der Waals surface area contributed by atoms with Crippen molar-refractivity contribution in [3.05, 3.63) is 18.0 Å². The number of likely N-dealkylation sites (tertiary alicyclic amines) is 1. The van der Waals surface area contributed by atoms with Crippen LogP contribution in [0.1, 0.15) is 25.5 Å². The molecule has 0 bridgehead atoms. The van der Waals surface area contributed by atoms with Gasteiger partial charge in [-0.3, -0.25) is 14.4 Å². The van der Waals surface area contributed by atoms with Gasteiger partial charge >= 0.3 is 6.18 Å². The van der Waals surface area contributed by atoms with E-state index in [2.05, 4.69) is 5.10 Å². The van der Waals surface area contributed by atoms with Crippen molar-refractivity contribution in [3.8, 4) is 0 Å². The molecule has 1 saturated heterocycles. The number of likely N-dealkylation sites (N-methyl/N-ethyl adjacent to an activating group) is 1. The number of carbonyl (C=O) groups excluding carboxylic acids is 1. The molecule has 0 N–H and O–H groups in total. The van der Waals surface area contributed by atoms with Crippen molar-refractivity contribution < 1.29 is 18.0 Å². The molecule has 2 heterocycles.